The van der Waals surface area contributed by atoms with E-state index in [0.717, 1.165) is 43.2 Å². The van der Waals surface area contributed by atoms with Gasteiger partial charge in [-0.05, 0) is 43.0 Å². The van der Waals surface area contributed by atoms with Crippen molar-refractivity contribution >= 4 is 11.6 Å². The molecular weight excluding hydrogens is 270 g/mol. The predicted molar refractivity (Wildman–Crippen MR) is 84.1 cm³/mol. The summed E-state index contributed by atoms with van der Waals surface area (Å²) >= 11 is 5.88. The molecule has 0 unspecified atom stereocenters. The minimum atomic E-state index is 0.811. The maximum Gasteiger partial charge on any atom is 0.0406 e. The van der Waals surface area contributed by atoms with Crippen LogP contribution in [0.15, 0.2) is 24.3 Å². The minimum absolute atomic E-state index is 0.811. The zero-order valence-corrected chi connectivity index (χ0v) is 12.7. The van der Waals surface area contributed by atoms with Crippen molar-refractivity contribution in [2.75, 3.05) is 32.7 Å². The van der Waals surface area contributed by atoms with Crippen molar-refractivity contribution < 1.29 is 0 Å². The van der Waals surface area contributed by atoms with Gasteiger partial charge in [0.05, 0.1) is 0 Å². The van der Waals surface area contributed by atoms with E-state index < -0.39 is 0 Å². The van der Waals surface area contributed by atoms with E-state index in [-0.39, 0.29) is 0 Å². The number of hydrogen-bond donors (Lipinski definition) is 2. The summed E-state index contributed by atoms with van der Waals surface area (Å²) in [6, 6.07) is 8.97. The highest BCUT2D eigenvalue weighted by Gasteiger charge is 2.40. The Morgan fingerprint density at radius 3 is 2.70 bits per heavy atom. The van der Waals surface area contributed by atoms with Crippen molar-refractivity contribution in [1.82, 2.24) is 15.5 Å². The van der Waals surface area contributed by atoms with Crippen LogP contribution in [0.4, 0.5) is 0 Å². The smallest absolute Gasteiger partial charge is 0.0406 e. The number of benzene rings is 1. The molecule has 2 N–H and O–H groups in total. The van der Waals surface area contributed by atoms with Gasteiger partial charge in [0.2, 0.25) is 0 Å². The molecule has 0 radical (unpaired) electrons. The predicted octanol–water partition coefficient (Wildman–Crippen LogP) is 2.11. The normalized spacial score (nSPS) is 26.6. The highest BCUT2D eigenvalue weighted by atomic mass is 35.5. The number of nitrogens with one attached hydrogen (secondary N) is 2. The van der Waals surface area contributed by atoms with Crippen LogP contribution in [0.25, 0.3) is 0 Å². The summed E-state index contributed by atoms with van der Waals surface area (Å²) in [4.78, 5) is 2.67. The van der Waals surface area contributed by atoms with Crippen LogP contribution in [0, 0.1) is 5.92 Å². The average Bonchev–Trinajstić information content (AvgIpc) is 3.26. The first-order valence-corrected chi connectivity index (χ1v) is 8.10. The van der Waals surface area contributed by atoms with E-state index in [1.165, 1.54) is 31.5 Å². The van der Waals surface area contributed by atoms with Gasteiger partial charge >= 0.3 is 0 Å². The van der Waals surface area contributed by atoms with Gasteiger partial charge in [-0.15, -0.1) is 0 Å². The third kappa shape index (κ3) is 3.95. The Bertz CT molecular complexity index is 414. The van der Waals surface area contributed by atoms with Crippen LogP contribution in [0.2, 0.25) is 5.02 Å². The monoisotopic (exact) mass is 293 g/mol. The van der Waals surface area contributed by atoms with Crippen LogP contribution in [0.1, 0.15) is 18.4 Å². The van der Waals surface area contributed by atoms with Gasteiger partial charge < -0.3 is 10.6 Å². The molecule has 4 heteroatoms. The van der Waals surface area contributed by atoms with Gasteiger partial charge in [0.15, 0.2) is 0 Å². The lowest BCUT2D eigenvalue weighted by Crippen LogP contribution is -2.45. The van der Waals surface area contributed by atoms with Crippen molar-refractivity contribution in [3.63, 3.8) is 0 Å². The van der Waals surface area contributed by atoms with E-state index in [9.17, 15) is 0 Å². The molecule has 1 heterocycles. The van der Waals surface area contributed by atoms with Crippen LogP contribution in [-0.4, -0.2) is 43.7 Å². The summed E-state index contributed by atoms with van der Waals surface area (Å²) in [5, 5.41) is 7.78. The lowest BCUT2D eigenvalue weighted by molar-refractivity contribution is 0.220. The molecule has 3 rings (SSSR count). The standard InChI is InChI=1S/C16H24ClN3/c17-15-3-1-13(2-4-15)12-19-6-5-14-11-16(14)20-9-7-18-8-10-20/h1-4,14,16,18-19H,5-12H2/t14-,16+/m0/s1. The molecule has 1 aliphatic carbocycles. The molecule has 2 fully saturated rings. The minimum Gasteiger partial charge on any atom is -0.314 e. The molecule has 2 atom stereocenters. The van der Waals surface area contributed by atoms with Crippen molar-refractivity contribution in [2.24, 2.45) is 5.92 Å². The van der Waals surface area contributed by atoms with E-state index in [4.69, 9.17) is 11.6 Å². The van der Waals surface area contributed by atoms with Crippen molar-refractivity contribution in [3.05, 3.63) is 34.9 Å². The molecule has 110 valence electrons. The number of hydrogen-bond acceptors (Lipinski definition) is 3. The van der Waals surface area contributed by atoms with Crippen LogP contribution >= 0.6 is 11.6 Å². The van der Waals surface area contributed by atoms with Crippen LogP contribution in [-0.2, 0) is 6.54 Å². The molecular formula is C16H24ClN3. The Morgan fingerprint density at radius 2 is 1.95 bits per heavy atom. The Morgan fingerprint density at radius 1 is 1.20 bits per heavy atom. The molecule has 0 aromatic heterocycles. The second-order valence-electron chi connectivity index (χ2n) is 5.94. The fourth-order valence-electron chi connectivity index (χ4n) is 3.13. The molecule has 3 nitrogen and oxygen atoms in total. The maximum absolute atomic E-state index is 5.88. The number of halogens is 1. The molecule has 0 bridgehead atoms. The molecule has 20 heavy (non-hydrogen) atoms. The molecule has 0 spiro atoms. The average molecular weight is 294 g/mol. The Hall–Kier alpha value is -0.610. The largest absolute Gasteiger partial charge is 0.314 e. The highest BCUT2D eigenvalue weighted by Crippen LogP contribution is 2.38. The number of rotatable bonds is 6. The van der Waals surface area contributed by atoms with Crippen molar-refractivity contribution in [1.29, 1.82) is 0 Å². The Balaban J connectivity index is 1.30. The Labute approximate surface area is 126 Å². The first-order chi connectivity index (χ1) is 9.83. The van der Waals surface area contributed by atoms with E-state index >= 15 is 0 Å². The molecule has 1 aromatic rings. The molecule has 2 aliphatic rings. The maximum atomic E-state index is 5.88. The lowest BCUT2D eigenvalue weighted by Gasteiger charge is -2.27. The second-order valence-corrected chi connectivity index (χ2v) is 6.38. The van der Waals surface area contributed by atoms with Gasteiger partial charge in [0.1, 0.15) is 0 Å². The summed E-state index contributed by atoms with van der Waals surface area (Å²) in [6.07, 6.45) is 2.71. The van der Waals surface area contributed by atoms with Crippen LogP contribution in [0.5, 0.6) is 0 Å². The summed E-state index contributed by atoms with van der Waals surface area (Å²) in [6.45, 7) is 6.87. The summed E-state index contributed by atoms with van der Waals surface area (Å²) in [5.41, 5.74) is 1.31. The second kappa shape index (κ2) is 6.90. The molecule has 1 aliphatic heterocycles. The van der Waals surface area contributed by atoms with Gasteiger partial charge in [-0.25, -0.2) is 0 Å². The molecule has 0 amide bonds. The third-order valence-electron chi connectivity index (χ3n) is 4.44. The van der Waals surface area contributed by atoms with E-state index in [0.29, 0.717) is 0 Å². The summed E-state index contributed by atoms with van der Waals surface area (Å²) < 4.78 is 0. The van der Waals surface area contributed by atoms with Crippen molar-refractivity contribution in [2.45, 2.75) is 25.4 Å². The van der Waals surface area contributed by atoms with E-state index in [1.54, 1.807) is 0 Å². The van der Waals surface area contributed by atoms with Gasteiger partial charge in [-0.2, -0.15) is 0 Å². The van der Waals surface area contributed by atoms with Gasteiger partial charge in [0, 0.05) is 43.8 Å². The van der Waals surface area contributed by atoms with Crippen LogP contribution < -0.4 is 10.6 Å². The number of piperazine rings is 1. The molecule has 1 saturated heterocycles. The third-order valence-corrected chi connectivity index (χ3v) is 4.69. The topological polar surface area (TPSA) is 27.3 Å². The van der Waals surface area contributed by atoms with Crippen LogP contribution in [0.3, 0.4) is 0 Å². The summed E-state index contributed by atoms with van der Waals surface area (Å²) in [5.74, 6) is 0.922. The molecule has 1 aromatic carbocycles. The first-order valence-electron chi connectivity index (χ1n) is 7.73. The molecule has 1 saturated carbocycles. The Kier molecular flexibility index (Phi) is 4.94. The van der Waals surface area contributed by atoms with Crippen molar-refractivity contribution in [3.8, 4) is 0 Å². The number of nitrogens with zero attached hydrogens (tertiary/aromatic N) is 1. The quantitative estimate of drug-likeness (QED) is 0.787. The summed E-state index contributed by atoms with van der Waals surface area (Å²) in [7, 11) is 0. The fourth-order valence-corrected chi connectivity index (χ4v) is 3.25. The van der Waals surface area contributed by atoms with Gasteiger partial charge in [-0.3, -0.25) is 4.90 Å². The van der Waals surface area contributed by atoms with Gasteiger partial charge in [0.25, 0.3) is 0 Å². The SMILES string of the molecule is Clc1ccc(CNCC[C@H]2C[C@H]2N2CCNCC2)cc1. The highest BCUT2D eigenvalue weighted by molar-refractivity contribution is 6.30. The zero-order valence-electron chi connectivity index (χ0n) is 11.9. The van der Waals surface area contributed by atoms with Gasteiger partial charge in [-0.1, -0.05) is 23.7 Å². The van der Waals surface area contributed by atoms with E-state index in [1.807, 2.05) is 12.1 Å². The zero-order chi connectivity index (χ0) is 13.8. The lowest BCUT2D eigenvalue weighted by atomic mass is 10.2. The fraction of sp³-hybridized carbons (Fsp3) is 0.625. The van der Waals surface area contributed by atoms with E-state index in [2.05, 4.69) is 27.7 Å². The first kappa shape index (κ1) is 14.3.